The number of methoxy groups -OCH3 is 2. The lowest BCUT2D eigenvalue weighted by atomic mass is 10.1. The molecular weight excluding hydrogens is 342 g/mol. The van der Waals surface area contributed by atoms with Crippen LogP contribution in [0.25, 0.3) is 10.7 Å². The molecule has 0 atom stereocenters. The maximum Gasteiger partial charge on any atom is 0.254 e. The van der Waals surface area contributed by atoms with Gasteiger partial charge in [-0.05, 0) is 23.6 Å². The fraction of sp³-hybridized carbons (Fsp3) is 0.235. The van der Waals surface area contributed by atoms with E-state index in [1.54, 1.807) is 25.2 Å². The molecule has 0 aliphatic heterocycles. The average Bonchev–Trinajstić information content (AvgIpc) is 3.31. The molecule has 0 radical (unpaired) electrons. The summed E-state index contributed by atoms with van der Waals surface area (Å²) >= 11 is 1.53. The number of amides is 1. The fourth-order valence-corrected chi connectivity index (χ4v) is 2.90. The van der Waals surface area contributed by atoms with Gasteiger partial charge in [0.2, 0.25) is 11.7 Å². The van der Waals surface area contributed by atoms with Crippen LogP contribution >= 0.6 is 11.3 Å². The summed E-state index contributed by atoms with van der Waals surface area (Å²) in [4.78, 5) is 19.4. The number of carbonyl (C=O) groups excluding carboxylic acids is 1. The number of rotatable bonds is 6. The molecule has 7 nitrogen and oxygen atoms in total. The lowest BCUT2D eigenvalue weighted by Gasteiger charge is -2.16. The highest BCUT2D eigenvalue weighted by Gasteiger charge is 2.18. The number of ether oxygens (including phenoxy) is 2. The molecule has 0 N–H and O–H groups in total. The largest absolute Gasteiger partial charge is 0.497 e. The molecule has 0 fully saturated rings. The fourth-order valence-electron chi connectivity index (χ4n) is 2.25. The number of thiophene rings is 1. The Kier molecular flexibility index (Phi) is 4.99. The van der Waals surface area contributed by atoms with E-state index in [2.05, 4.69) is 10.1 Å². The highest BCUT2D eigenvalue weighted by molar-refractivity contribution is 7.13. The van der Waals surface area contributed by atoms with Crippen molar-refractivity contribution < 1.29 is 18.8 Å². The first-order chi connectivity index (χ1) is 12.1. The number of benzene rings is 1. The summed E-state index contributed by atoms with van der Waals surface area (Å²) in [6.45, 7) is 0.205. The summed E-state index contributed by atoms with van der Waals surface area (Å²) in [7, 11) is 4.75. The lowest BCUT2D eigenvalue weighted by molar-refractivity contribution is 0.0769. The van der Waals surface area contributed by atoms with Crippen molar-refractivity contribution in [3.05, 3.63) is 47.2 Å². The van der Waals surface area contributed by atoms with Gasteiger partial charge in [0.05, 0.1) is 25.6 Å². The van der Waals surface area contributed by atoms with Crippen LogP contribution in [0.1, 0.15) is 16.2 Å². The third-order valence-corrected chi connectivity index (χ3v) is 4.39. The van der Waals surface area contributed by atoms with Crippen LogP contribution in [0.3, 0.4) is 0 Å². The predicted molar refractivity (Wildman–Crippen MR) is 93.0 cm³/mol. The molecule has 1 aromatic carbocycles. The quantitative estimate of drug-likeness (QED) is 0.673. The average molecular weight is 359 g/mol. The van der Waals surface area contributed by atoms with Crippen molar-refractivity contribution in [3.8, 4) is 22.2 Å². The van der Waals surface area contributed by atoms with Crippen molar-refractivity contribution in [2.75, 3.05) is 21.3 Å². The molecule has 0 bridgehead atoms. The smallest absolute Gasteiger partial charge is 0.254 e. The van der Waals surface area contributed by atoms with Crippen LogP contribution in [-0.2, 0) is 6.54 Å². The molecule has 0 aliphatic rings. The maximum absolute atomic E-state index is 12.6. The zero-order valence-corrected chi connectivity index (χ0v) is 14.9. The normalized spacial score (nSPS) is 10.5. The summed E-state index contributed by atoms with van der Waals surface area (Å²) in [6, 6.07) is 8.86. The Morgan fingerprint density at radius 2 is 1.96 bits per heavy atom. The molecule has 1 amide bonds. The Morgan fingerprint density at radius 3 is 2.56 bits per heavy atom. The number of hydrogen-bond donors (Lipinski definition) is 0. The molecule has 25 heavy (non-hydrogen) atoms. The van der Waals surface area contributed by atoms with Crippen molar-refractivity contribution in [1.29, 1.82) is 0 Å². The van der Waals surface area contributed by atoms with Crippen LogP contribution in [0.4, 0.5) is 0 Å². The molecule has 0 aliphatic carbocycles. The highest BCUT2D eigenvalue weighted by Crippen LogP contribution is 2.24. The first-order valence-electron chi connectivity index (χ1n) is 7.45. The number of nitrogens with zero attached hydrogens (tertiary/aromatic N) is 3. The molecule has 3 rings (SSSR count). The van der Waals surface area contributed by atoms with Gasteiger partial charge in [-0.3, -0.25) is 4.79 Å². The van der Waals surface area contributed by atoms with Crippen molar-refractivity contribution in [1.82, 2.24) is 15.0 Å². The van der Waals surface area contributed by atoms with Crippen molar-refractivity contribution in [2.24, 2.45) is 0 Å². The lowest BCUT2D eigenvalue weighted by Crippen LogP contribution is -2.26. The molecule has 130 valence electrons. The molecule has 3 aromatic rings. The molecule has 0 saturated heterocycles. The minimum absolute atomic E-state index is 0.201. The third kappa shape index (κ3) is 3.80. The van der Waals surface area contributed by atoms with Gasteiger partial charge in [0, 0.05) is 18.7 Å². The van der Waals surface area contributed by atoms with Crippen LogP contribution in [0, 0.1) is 0 Å². The van der Waals surface area contributed by atoms with Crippen LogP contribution in [0.5, 0.6) is 11.5 Å². The third-order valence-electron chi connectivity index (χ3n) is 3.53. The Hall–Kier alpha value is -2.87. The van der Waals surface area contributed by atoms with Gasteiger partial charge in [-0.15, -0.1) is 11.3 Å². The van der Waals surface area contributed by atoms with Crippen LogP contribution in [0.2, 0.25) is 0 Å². The molecule has 2 aromatic heterocycles. The molecule has 0 unspecified atom stereocenters. The molecule has 0 saturated carbocycles. The number of hydrogen-bond acceptors (Lipinski definition) is 7. The minimum atomic E-state index is -0.201. The molecule has 0 spiro atoms. The Balaban J connectivity index is 1.75. The van der Waals surface area contributed by atoms with Gasteiger partial charge in [-0.2, -0.15) is 4.98 Å². The zero-order valence-electron chi connectivity index (χ0n) is 14.1. The van der Waals surface area contributed by atoms with E-state index < -0.39 is 0 Å². The Labute approximate surface area is 148 Å². The molecular formula is C17H17N3O4S. The number of aromatic nitrogens is 2. The van der Waals surface area contributed by atoms with E-state index >= 15 is 0 Å². The summed E-state index contributed by atoms with van der Waals surface area (Å²) in [6.07, 6.45) is 0. The molecule has 2 heterocycles. The van der Waals surface area contributed by atoms with Gasteiger partial charge in [-0.25, -0.2) is 0 Å². The molecule has 8 heteroatoms. The zero-order chi connectivity index (χ0) is 17.8. The van der Waals surface area contributed by atoms with Crippen LogP contribution < -0.4 is 9.47 Å². The second-order valence-corrected chi connectivity index (χ2v) is 6.20. The van der Waals surface area contributed by atoms with E-state index in [4.69, 9.17) is 14.0 Å². The summed E-state index contributed by atoms with van der Waals surface area (Å²) in [5.41, 5.74) is 0.455. The second kappa shape index (κ2) is 7.35. The maximum atomic E-state index is 12.6. The van der Waals surface area contributed by atoms with Gasteiger partial charge in [-0.1, -0.05) is 11.2 Å². The second-order valence-electron chi connectivity index (χ2n) is 5.25. The van der Waals surface area contributed by atoms with Gasteiger partial charge in [0.15, 0.2) is 0 Å². The van der Waals surface area contributed by atoms with Crippen molar-refractivity contribution >= 4 is 17.2 Å². The Morgan fingerprint density at radius 1 is 1.24 bits per heavy atom. The van der Waals surface area contributed by atoms with E-state index in [1.807, 2.05) is 17.5 Å². The summed E-state index contributed by atoms with van der Waals surface area (Å²) in [5, 5.41) is 5.89. The standard InChI is InChI=1S/C17H17N3O4S/c1-20(10-15-18-16(19-24-15)14-5-4-6-25-14)17(21)11-7-12(22-2)9-13(8-11)23-3/h4-9H,10H2,1-3H3. The van der Waals surface area contributed by atoms with E-state index in [1.165, 1.54) is 30.5 Å². The van der Waals surface area contributed by atoms with Crippen molar-refractivity contribution in [3.63, 3.8) is 0 Å². The first-order valence-corrected chi connectivity index (χ1v) is 8.33. The predicted octanol–water partition coefficient (Wildman–Crippen LogP) is 3.09. The highest BCUT2D eigenvalue weighted by atomic mass is 32.1. The van der Waals surface area contributed by atoms with E-state index in [-0.39, 0.29) is 12.5 Å². The van der Waals surface area contributed by atoms with E-state index in [0.717, 1.165) is 4.88 Å². The van der Waals surface area contributed by atoms with E-state index in [9.17, 15) is 4.79 Å². The van der Waals surface area contributed by atoms with E-state index in [0.29, 0.717) is 28.8 Å². The summed E-state index contributed by atoms with van der Waals surface area (Å²) < 4.78 is 15.6. The van der Waals surface area contributed by atoms with Crippen molar-refractivity contribution in [2.45, 2.75) is 6.54 Å². The summed E-state index contributed by atoms with van der Waals surface area (Å²) in [5.74, 6) is 1.79. The van der Waals surface area contributed by atoms with Crippen LogP contribution in [0.15, 0.2) is 40.2 Å². The van der Waals surface area contributed by atoms with Gasteiger partial charge in [0.25, 0.3) is 5.91 Å². The number of carbonyl (C=O) groups is 1. The van der Waals surface area contributed by atoms with Gasteiger partial charge >= 0.3 is 0 Å². The minimum Gasteiger partial charge on any atom is -0.497 e. The Bertz CT molecular complexity index is 838. The van der Waals surface area contributed by atoms with Crippen LogP contribution in [-0.4, -0.2) is 42.2 Å². The topological polar surface area (TPSA) is 77.7 Å². The first kappa shape index (κ1) is 17.0. The van der Waals surface area contributed by atoms with Gasteiger partial charge < -0.3 is 18.9 Å². The monoisotopic (exact) mass is 359 g/mol. The SMILES string of the molecule is COc1cc(OC)cc(C(=O)N(C)Cc2nc(-c3cccs3)no2)c1. The van der Waals surface area contributed by atoms with Gasteiger partial charge in [0.1, 0.15) is 11.5 Å².